The molecule has 16 heteroatoms. The van der Waals surface area contributed by atoms with E-state index < -0.39 is 123 Å². The molecule has 2 heterocycles. The minimum absolute atomic E-state index is 0.0559. The van der Waals surface area contributed by atoms with Gasteiger partial charge in [-0.3, -0.25) is 24.0 Å². The Morgan fingerprint density at radius 2 is 1.60 bits per heavy atom. The van der Waals surface area contributed by atoms with Crippen LogP contribution in [-0.2, 0) is 31.0 Å². The molecule has 2 saturated heterocycles. The molecule has 1 amide bonds. The van der Waals surface area contributed by atoms with Gasteiger partial charge in [-0.05, 0) is 43.9 Å². The van der Waals surface area contributed by atoms with Crippen LogP contribution >= 0.6 is 0 Å². The van der Waals surface area contributed by atoms with Crippen molar-refractivity contribution in [2.24, 2.45) is 0 Å². The standard InChI is InChI=1S/C37H40N2O14/c1-14-10-16-11-21(41)37(52-5)33(47)24-18(32(46)36(37,49)25(16)28(44)22(14)35(48)39-8-6-7-9-39)12-17-23(27(24)43)20(40)13-19(26(17)42)38-34-31(51-4)29(45)30(50-3)15(2)53-34/h10,12-13,15,21,29-31,34,38,41,43-45,49H,6-9,11H2,1-5H3/t15-,21+,29+,30-,31+,34-,36-,37+/m0/s1. The first-order chi connectivity index (χ1) is 25.1. The number of Topliss-reactive ketones (excluding diaryl/α,β-unsaturated/α-hetero) is 3. The van der Waals surface area contributed by atoms with Crippen LogP contribution in [0.2, 0.25) is 0 Å². The highest BCUT2D eigenvalue weighted by Crippen LogP contribution is 2.56. The highest BCUT2D eigenvalue weighted by atomic mass is 16.6. The second-order valence-electron chi connectivity index (χ2n) is 14.1. The highest BCUT2D eigenvalue weighted by Gasteiger charge is 2.72. The number of ether oxygens (including phenoxy) is 4. The first kappa shape index (κ1) is 36.8. The number of allylic oxidation sites excluding steroid dienone is 2. The maximum Gasteiger partial charge on any atom is 0.257 e. The lowest BCUT2D eigenvalue weighted by Crippen LogP contribution is -2.73. The minimum atomic E-state index is -3.19. The number of amides is 1. The molecular formula is C37H40N2O14. The van der Waals surface area contributed by atoms with E-state index in [1.165, 1.54) is 25.2 Å². The molecule has 0 aromatic heterocycles. The number of benzene rings is 2. The highest BCUT2D eigenvalue weighted by molar-refractivity contribution is 6.31. The minimum Gasteiger partial charge on any atom is -0.507 e. The van der Waals surface area contributed by atoms with Gasteiger partial charge in [0.2, 0.25) is 17.3 Å². The van der Waals surface area contributed by atoms with Crippen LogP contribution in [0.1, 0.15) is 88.2 Å². The third-order valence-corrected chi connectivity index (χ3v) is 11.4. The van der Waals surface area contributed by atoms with Crippen molar-refractivity contribution in [3.05, 3.63) is 68.4 Å². The van der Waals surface area contributed by atoms with E-state index in [0.29, 0.717) is 18.7 Å². The second-order valence-corrected chi connectivity index (χ2v) is 14.1. The van der Waals surface area contributed by atoms with Gasteiger partial charge < -0.3 is 54.7 Å². The van der Waals surface area contributed by atoms with E-state index in [1.807, 2.05) is 0 Å². The number of nitrogens with zero attached hydrogens (tertiary/aromatic N) is 1. The Balaban J connectivity index is 1.36. The third-order valence-electron chi connectivity index (χ3n) is 11.4. The molecule has 0 radical (unpaired) electrons. The lowest BCUT2D eigenvalue weighted by atomic mass is 9.56. The predicted molar refractivity (Wildman–Crippen MR) is 180 cm³/mol. The third kappa shape index (κ3) is 4.83. The van der Waals surface area contributed by atoms with Crippen LogP contribution in [0.4, 0.5) is 0 Å². The first-order valence-electron chi connectivity index (χ1n) is 17.2. The van der Waals surface area contributed by atoms with Gasteiger partial charge in [-0.15, -0.1) is 0 Å². The topological polar surface area (TPSA) is 239 Å². The van der Waals surface area contributed by atoms with Crippen LogP contribution in [0.3, 0.4) is 0 Å². The number of ketones is 4. The molecule has 0 spiro atoms. The maximum atomic E-state index is 14.8. The fourth-order valence-corrected chi connectivity index (χ4v) is 8.84. The molecule has 0 unspecified atom stereocenters. The van der Waals surface area contributed by atoms with Gasteiger partial charge in [0, 0.05) is 63.6 Å². The van der Waals surface area contributed by atoms with Crippen LogP contribution in [0.15, 0.2) is 23.9 Å². The molecule has 3 aliphatic carbocycles. The normalized spacial score (nSPS) is 32.2. The van der Waals surface area contributed by atoms with Crippen molar-refractivity contribution in [2.75, 3.05) is 34.4 Å². The fraction of sp³-hybridized carbons (Fsp3) is 0.486. The number of nitrogens with one attached hydrogen (secondary N) is 1. The van der Waals surface area contributed by atoms with E-state index in [2.05, 4.69) is 5.32 Å². The number of hydrogen-bond acceptors (Lipinski definition) is 15. The first-order valence-corrected chi connectivity index (χ1v) is 17.2. The van der Waals surface area contributed by atoms with E-state index in [1.54, 1.807) is 13.8 Å². The van der Waals surface area contributed by atoms with E-state index in [0.717, 1.165) is 32.1 Å². The number of aryl methyl sites for hydroxylation is 1. The van der Waals surface area contributed by atoms with Crippen molar-refractivity contribution in [3.63, 3.8) is 0 Å². The number of carbonyl (C=O) groups excluding carboxylic acids is 5. The number of carbonyl (C=O) groups is 5. The molecular weight excluding hydrogens is 696 g/mol. The summed E-state index contributed by atoms with van der Waals surface area (Å²) in [5, 5.41) is 61.2. The van der Waals surface area contributed by atoms with Gasteiger partial charge in [-0.25, -0.2) is 0 Å². The summed E-state index contributed by atoms with van der Waals surface area (Å²) in [6, 6.07) is 2.32. The zero-order chi connectivity index (χ0) is 38.5. The molecule has 8 atom stereocenters. The largest absolute Gasteiger partial charge is 0.507 e. The summed E-state index contributed by atoms with van der Waals surface area (Å²) in [5.41, 5.74) is -9.45. The number of likely N-dealkylation sites (tertiary alicyclic amines) is 1. The number of phenols is 2. The summed E-state index contributed by atoms with van der Waals surface area (Å²) in [6.07, 6.45) is -4.97. The summed E-state index contributed by atoms with van der Waals surface area (Å²) in [4.78, 5) is 72.2. The van der Waals surface area contributed by atoms with Crippen molar-refractivity contribution in [1.82, 2.24) is 10.2 Å². The number of hydrogen-bond donors (Lipinski definition) is 6. The molecule has 2 aromatic carbocycles. The van der Waals surface area contributed by atoms with E-state index in [4.69, 9.17) is 18.9 Å². The van der Waals surface area contributed by atoms with Gasteiger partial charge in [0.25, 0.3) is 5.91 Å². The molecule has 5 aliphatic rings. The van der Waals surface area contributed by atoms with E-state index >= 15 is 0 Å². The Morgan fingerprint density at radius 1 is 0.943 bits per heavy atom. The van der Waals surface area contributed by atoms with Crippen LogP contribution < -0.4 is 5.32 Å². The van der Waals surface area contributed by atoms with Crippen LogP contribution in [0.5, 0.6) is 11.5 Å². The monoisotopic (exact) mass is 736 g/mol. The molecule has 2 aromatic rings. The van der Waals surface area contributed by atoms with Crippen molar-refractivity contribution >= 4 is 29.0 Å². The number of aliphatic hydroxyl groups excluding tert-OH is 2. The second kappa shape index (κ2) is 12.8. The Kier molecular flexibility index (Phi) is 8.88. The van der Waals surface area contributed by atoms with Crippen molar-refractivity contribution < 1.29 is 68.5 Å². The number of methoxy groups -OCH3 is 3. The average molecular weight is 737 g/mol. The number of aliphatic hydroxyl groups is 3. The number of fused-ring (bicyclic) bond motifs is 5. The zero-order valence-electron chi connectivity index (χ0n) is 29.6. The Labute approximate surface area is 302 Å². The summed E-state index contributed by atoms with van der Waals surface area (Å²) >= 11 is 0. The average Bonchev–Trinajstić information content (AvgIpc) is 3.65. The summed E-state index contributed by atoms with van der Waals surface area (Å²) in [5.74, 6) is -6.94. The Morgan fingerprint density at radius 3 is 2.23 bits per heavy atom. The molecule has 6 N–H and O–H groups in total. The van der Waals surface area contributed by atoms with Crippen molar-refractivity contribution in [3.8, 4) is 11.5 Å². The van der Waals surface area contributed by atoms with Crippen LogP contribution in [0.25, 0.3) is 0 Å². The lowest BCUT2D eigenvalue weighted by molar-refractivity contribution is -0.236. The summed E-state index contributed by atoms with van der Waals surface area (Å²) < 4.78 is 22.2. The van der Waals surface area contributed by atoms with Gasteiger partial charge in [0.05, 0.1) is 34.6 Å². The molecule has 7 rings (SSSR count). The van der Waals surface area contributed by atoms with Gasteiger partial charge in [-0.2, -0.15) is 0 Å². The molecule has 53 heavy (non-hydrogen) atoms. The van der Waals surface area contributed by atoms with Crippen molar-refractivity contribution in [2.45, 2.75) is 81.1 Å². The van der Waals surface area contributed by atoms with E-state index in [-0.39, 0.29) is 16.8 Å². The van der Waals surface area contributed by atoms with Gasteiger partial charge in [-0.1, -0.05) is 6.07 Å². The van der Waals surface area contributed by atoms with Gasteiger partial charge in [0.15, 0.2) is 23.2 Å². The zero-order valence-corrected chi connectivity index (χ0v) is 29.6. The predicted octanol–water partition coefficient (Wildman–Crippen LogP) is 0.199. The molecule has 0 bridgehead atoms. The number of phenolic OH excluding ortho intramolecular Hbond substituents is 2. The Bertz CT molecular complexity index is 2020. The molecule has 2 aliphatic heterocycles. The molecule has 16 nitrogen and oxygen atoms in total. The number of rotatable bonds is 6. The summed E-state index contributed by atoms with van der Waals surface area (Å²) in [6.45, 7) is 4.01. The smallest absolute Gasteiger partial charge is 0.257 e. The fourth-order valence-electron chi connectivity index (χ4n) is 8.84. The van der Waals surface area contributed by atoms with Gasteiger partial charge >= 0.3 is 0 Å². The van der Waals surface area contributed by atoms with E-state index in [9.17, 15) is 49.5 Å². The van der Waals surface area contributed by atoms with Crippen LogP contribution in [-0.4, -0.2) is 136 Å². The Hall–Kier alpha value is -4.55. The van der Waals surface area contributed by atoms with Crippen molar-refractivity contribution in [1.29, 1.82) is 0 Å². The summed E-state index contributed by atoms with van der Waals surface area (Å²) in [7, 11) is 3.63. The SMILES string of the molecule is CO[C@@H]1[C@@H](O)[C@@H](OC)[C@@H](NC2=CC(=O)c3c(cc4c(c3O)C(=O)[C@]3(OC)[C@H](O)Cc5cc(C)c(C(=O)N6CCCC6)c(O)c5[C@]3(O)C4=O)C2=O)O[C@H]1C. The lowest BCUT2D eigenvalue weighted by Gasteiger charge is -2.53. The van der Waals surface area contributed by atoms with Gasteiger partial charge in [0.1, 0.15) is 29.8 Å². The quantitative estimate of drug-likeness (QED) is 0.232. The number of aromatic hydroxyl groups is 2. The molecule has 2 fully saturated rings. The maximum absolute atomic E-state index is 14.8. The van der Waals surface area contributed by atoms with Crippen LogP contribution in [0, 0.1) is 6.92 Å². The molecule has 282 valence electrons. The molecule has 0 saturated carbocycles.